The molecule has 5 nitrogen and oxygen atoms in total. The number of anilines is 1. The van der Waals surface area contributed by atoms with E-state index in [1.165, 1.54) is 19.3 Å². The molecule has 2 amide bonds. The van der Waals surface area contributed by atoms with Crippen LogP contribution in [0.5, 0.6) is 0 Å². The predicted molar refractivity (Wildman–Crippen MR) is 92.2 cm³/mol. The van der Waals surface area contributed by atoms with E-state index in [0.717, 1.165) is 17.7 Å². The van der Waals surface area contributed by atoms with E-state index < -0.39 is 0 Å². The van der Waals surface area contributed by atoms with Gasteiger partial charge in [0.2, 0.25) is 0 Å². The van der Waals surface area contributed by atoms with Gasteiger partial charge in [0.1, 0.15) is 0 Å². The zero-order valence-electron chi connectivity index (χ0n) is 13.7. The van der Waals surface area contributed by atoms with E-state index in [4.69, 9.17) is 0 Å². The molecule has 0 spiro atoms. The lowest BCUT2D eigenvalue weighted by atomic mass is 9.86. The molecule has 1 aromatic carbocycles. The largest absolute Gasteiger partial charge is 0.335 e. The summed E-state index contributed by atoms with van der Waals surface area (Å²) in [5.41, 5.74) is 2.06. The quantitative estimate of drug-likeness (QED) is 0.906. The number of amides is 2. The molecule has 2 aromatic rings. The van der Waals surface area contributed by atoms with Gasteiger partial charge >= 0.3 is 6.03 Å². The van der Waals surface area contributed by atoms with E-state index in [2.05, 4.69) is 22.7 Å². The van der Waals surface area contributed by atoms with Crippen LogP contribution in [0.3, 0.4) is 0 Å². The maximum atomic E-state index is 12.2. The molecule has 1 heterocycles. The number of carbonyl (C=O) groups is 1. The van der Waals surface area contributed by atoms with Gasteiger partial charge in [-0.2, -0.15) is 5.10 Å². The average molecular weight is 312 g/mol. The van der Waals surface area contributed by atoms with Crippen molar-refractivity contribution in [2.24, 2.45) is 13.0 Å². The summed E-state index contributed by atoms with van der Waals surface area (Å²) < 4.78 is 1.79. The lowest BCUT2D eigenvalue weighted by Crippen LogP contribution is -2.43. The molecular formula is C18H24N4O. The minimum Gasteiger partial charge on any atom is -0.335 e. The van der Waals surface area contributed by atoms with Crippen LogP contribution < -0.4 is 10.6 Å². The van der Waals surface area contributed by atoms with Crippen LogP contribution in [0, 0.1) is 5.92 Å². The van der Waals surface area contributed by atoms with Crippen molar-refractivity contribution in [3.8, 4) is 11.3 Å². The Hall–Kier alpha value is -2.30. The Morgan fingerprint density at radius 1 is 1.22 bits per heavy atom. The third kappa shape index (κ3) is 3.73. The van der Waals surface area contributed by atoms with Gasteiger partial charge in [-0.15, -0.1) is 0 Å². The Kier molecular flexibility index (Phi) is 4.65. The van der Waals surface area contributed by atoms with E-state index in [1.54, 1.807) is 4.68 Å². The highest BCUT2D eigenvalue weighted by Crippen LogP contribution is 2.24. The zero-order chi connectivity index (χ0) is 16.2. The summed E-state index contributed by atoms with van der Waals surface area (Å²) in [5.74, 6) is 1.12. The van der Waals surface area contributed by atoms with Crippen LogP contribution in [-0.4, -0.2) is 21.9 Å². The molecule has 122 valence electrons. The summed E-state index contributed by atoms with van der Waals surface area (Å²) in [4.78, 5) is 12.2. The van der Waals surface area contributed by atoms with Crippen LogP contribution in [0.15, 0.2) is 36.4 Å². The van der Waals surface area contributed by atoms with Crippen molar-refractivity contribution in [1.29, 1.82) is 0 Å². The highest BCUT2D eigenvalue weighted by Gasteiger charge is 2.23. The maximum absolute atomic E-state index is 12.2. The van der Waals surface area contributed by atoms with Crippen molar-refractivity contribution in [1.82, 2.24) is 15.1 Å². The molecule has 1 fully saturated rings. The first-order chi connectivity index (χ1) is 11.1. The van der Waals surface area contributed by atoms with Gasteiger partial charge in [0, 0.05) is 19.2 Å². The summed E-state index contributed by atoms with van der Waals surface area (Å²) in [7, 11) is 1.88. The van der Waals surface area contributed by atoms with Gasteiger partial charge in [-0.25, -0.2) is 4.79 Å². The number of hydrogen-bond donors (Lipinski definition) is 2. The number of aromatic nitrogens is 2. The molecule has 3 rings (SSSR count). The smallest absolute Gasteiger partial charge is 0.320 e. The fourth-order valence-corrected chi connectivity index (χ4v) is 3.26. The second kappa shape index (κ2) is 6.86. The van der Waals surface area contributed by atoms with Crippen molar-refractivity contribution >= 4 is 11.8 Å². The number of urea groups is 1. The molecule has 2 N–H and O–H groups in total. The number of hydrogen-bond acceptors (Lipinski definition) is 2. The average Bonchev–Trinajstić information content (AvgIpc) is 2.91. The minimum absolute atomic E-state index is 0.165. The molecule has 1 aromatic heterocycles. The van der Waals surface area contributed by atoms with Gasteiger partial charge < -0.3 is 5.32 Å². The highest BCUT2D eigenvalue weighted by molar-refractivity contribution is 5.89. The van der Waals surface area contributed by atoms with Crippen molar-refractivity contribution in [2.75, 3.05) is 5.32 Å². The molecule has 1 aliphatic carbocycles. The molecule has 5 heteroatoms. The van der Waals surface area contributed by atoms with E-state index in [0.29, 0.717) is 11.7 Å². The van der Waals surface area contributed by atoms with Crippen LogP contribution in [-0.2, 0) is 7.05 Å². The maximum Gasteiger partial charge on any atom is 0.320 e. The summed E-state index contributed by atoms with van der Waals surface area (Å²) in [6.45, 7) is 2.21. The minimum atomic E-state index is -0.165. The van der Waals surface area contributed by atoms with Crippen molar-refractivity contribution in [2.45, 2.75) is 38.6 Å². The Bertz CT molecular complexity index is 665. The standard InChI is InChI=1S/C18H24N4O/c1-13-8-6-7-11-15(13)19-18(23)20-17-12-16(22(2)21-17)14-9-4-3-5-10-14/h3-5,9-10,12-13,15H,6-8,11H2,1-2H3,(H2,19,20,21,23). The van der Waals surface area contributed by atoms with Gasteiger partial charge in [0.15, 0.2) is 5.82 Å². The van der Waals surface area contributed by atoms with Crippen molar-refractivity contribution in [3.05, 3.63) is 36.4 Å². The zero-order valence-corrected chi connectivity index (χ0v) is 13.7. The summed E-state index contributed by atoms with van der Waals surface area (Å²) in [5, 5.41) is 10.3. The van der Waals surface area contributed by atoms with Crippen LogP contribution in [0.25, 0.3) is 11.3 Å². The van der Waals surface area contributed by atoms with Crippen molar-refractivity contribution < 1.29 is 4.79 Å². The Morgan fingerprint density at radius 2 is 1.96 bits per heavy atom. The van der Waals surface area contributed by atoms with Gasteiger partial charge in [0.25, 0.3) is 0 Å². The number of aryl methyl sites for hydroxylation is 1. The molecule has 2 atom stereocenters. The lowest BCUT2D eigenvalue weighted by Gasteiger charge is -2.29. The summed E-state index contributed by atoms with van der Waals surface area (Å²) >= 11 is 0. The molecule has 1 saturated carbocycles. The van der Waals surface area contributed by atoms with Gasteiger partial charge in [0.05, 0.1) is 5.69 Å². The predicted octanol–water partition coefficient (Wildman–Crippen LogP) is 3.79. The summed E-state index contributed by atoms with van der Waals surface area (Å²) in [6.07, 6.45) is 4.71. The van der Waals surface area contributed by atoms with Gasteiger partial charge in [-0.3, -0.25) is 10.00 Å². The topological polar surface area (TPSA) is 59.0 Å². The molecule has 0 aliphatic heterocycles. The van der Waals surface area contributed by atoms with E-state index in [9.17, 15) is 4.79 Å². The number of benzene rings is 1. The lowest BCUT2D eigenvalue weighted by molar-refractivity contribution is 0.232. The monoisotopic (exact) mass is 312 g/mol. The van der Waals surface area contributed by atoms with Crippen LogP contribution in [0.2, 0.25) is 0 Å². The molecule has 1 aliphatic rings. The molecule has 0 radical (unpaired) electrons. The fraction of sp³-hybridized carbons (Fsp3) is 0.444. The highest BCUT2D eigenvalue weighted by atomic mass is 16.2. The van der Waals surface area contributed by atoms with Gasteiger partial charge in [-0.1, -0.05) is 50.1 Å². The van der Waals surface area contributed by atoms with E-state index in [-0.39, 0.29) is 12.1 Å². The molecular weight excluding hydrogens is 288 g/mol. The number of carbonyl (C=O) groups excluding carboxylic acids is 1. The fourth-order valence-electron chi connectivity index (χ4n) is 3.26. The molecule has 0 bridgehead atoms. The van der Waals surface area contributed by atoms with E-state index in [1.807, 2.05) is 43.4 Å². The van der Waals surface area contributed by atoms with Gasteiger partial charge in [-0.05, 0) is 24.3 Å². The molecule has 23 heavy (non-hydrogen) atoms. The molecule has 2 unspecified atom stereocenters. The number of nitrogens with zero attached hydrogens (tertiary/aromatic N) is 2. The second-order valence-corrected chi connectivity index (χ2v) is 6.37. The third-order valence-electron chi connectivity index (χ3n) is 4.62. The van der Waals surface area contributed by atoms with E-state index >= 15 is 0 Å². The SMILES string of the molecule is CC1CCCCC1NC(=O)Nc1cc(-c2ccccc2)n(C)n1. The Labute approximate surface area is 137 Å². The Morgan fingerprint density at radius 3 is 2.70 bits per heavy atom. The number of rotatable bonds is 3. The first-order valence-corrected chi connectivity index (χ1v) is 8.30. The van der Waals surface area contributed by atoms with Crippen molar-refractivity contribution in [3.63, 3.8) is 0 Å². The van der Waals surface area contributed by atoms with Crippen LogP contribution in [0.1, 0.15) is 32.6 Å². The normalized spacial score (nSPS) is 21.0. The van der Waals surface area contributed by atoms with Crippen LogP contribution in [0.4, 0.5) is 10.6 Å². The second-order valence-electron chi connectivity index (χ2n) is 6.37. The summed E-state index contributed by atoms with van der Waals surface area (Å²) in [6, 6.07) is 12.0. The number of nitrogens with one attached hydrogen (secondary N) is 2. The first-order valence-electron chi connectivity index (χ1n) is 8.30. The first kappa shape index (κ1) is 15.6. The Balaban J connectivity index is 1.65. The molecule has 0 saturated heterocycles. The third-order valence-corrected chi connectivity index (χ3v) is 4.62. The van der Waals surface area contributed by atoms with Crippen LogP contribution >= 0.6 is 0 Å².